The average Bonchev–Trinajstić information content (AvgIpc) is 2.78. The van der Waals surface area contributed by atoms with Gasteiger partial charge in [0.2, 0.25) is 10.9 Å². The Labute approximate surface area is 102 Å². The van der Waals surface area contributed by atoms with E-state index < -0.39 is 5.97 Å². The van der Waals surface area contributed by atoms with Gasteiger partial charge in [0, 0.05) is 13.5 Å². The van der Waals surface area contributed by atoms with Crippen LogP contribution >= 0.6 is 11.3 Å². The van der Waals surface area contributed by atoms with Crippen LogP contribution < -0.4 is 0 Å². The van der Waals surface area contributed by atoms with Crippen LogP contribution in [0.2, 0.25) is 0 Å². The SMILES string of the molecule is CC(=O)N1CCCCC1c1nnc(C(=O)O)s1. The number of amides is 1. The van der Waals surface area contributed by atoms with Crippen molar-refractivity contribution in [1.82, 2.24) is 15.1 Å². The van der Waals surface area contributed by atoms with Gasteiger partial charge in [0.25, 0.3) is 0 Å². The molecule has 1 amide bonds. The molecule has 0 spiro atoms. The second kappa shape index (κ2) is 4.79. The van der Waals surface area contributed by atoms with Gasteiger partial charge >= 0.3 is 5.97 Å². The molecule has 0 saturated carbocycles. The van der Waals surface area contributed by atoms with E-state index >= 15 is 0 Å². The number of carboxylic acids is 1. The number of carboxylic acid groups (broad SMARTS) is 1. The van der Waals surface area contributed by atoms with Gasteiger partial charge in [-0.3, -0.25) is 4.79 Å². The van der Waals surface area contributed by atoms with Crippen molar-refractivity contribution in [3.63, 3.8) is 0 Å². The Morgan fingerprint density at radius 1 is 1.41 bits per heavy atom. The molecule has 1 aliphatic heterocycles. The second-order valence-electron chi connectivity index (χ2n) is 3.97. The molecule has 0 aromatic carbocycles. The lowest BCUT2D eigenvalue weighted by Crippen LogP contribution is -2.36. The van der Waals surface area contributed by atoms with Crippen molar-refractivity contribution in [2.45, 2.75) is 32.2 Å². The zero-order valence-electron chi connectivity index (χ0n) is 9.42. The fourth-order valence-corrected chi connectivity index (χ4v) is 2.85. The van der Waals surface area contributed by atoms with Gasteiger partial charge in [0.05, 0.1) is 6.04 Å². The minimum absolute atomic E-state index is 0.00164. The van der Waals surface area contributed by atoms with Gasteiger partial charge < -0.3 is 10.0 Å². The van der Waals surface area contributed by atoms with Crippen molar-refractivity contribution in [2.24, 2.45) is 0 Å². The summed E-state index contributed by atoms with van der Waals surface area (Å²) >= 11 is 1.05. The minimum atomic E-state index is -1.07. The van der Waals surface area contributed by atoms with E-state index in [4.69, 9.17) is 5.11 Å². The first-order valence-corrected chi connectivity index (χ1v) is 6.25. The largest absolute Gasteiger partial charge is 0.476 e. The molecule has 1 fully saturated rings. The van der Waals surface area contributed by atoms with Crippen molar-refractivity contribution in [3.8, 4) is 0 Å². The van der Waals surface area contributed by atoms with Crippen molar-refractivity contribution in [2.75, 3.05) is 6.54 Å². The lowest BCUT2D eigenvalue weighted by molar-refractivity contribution is -0.132. The van der Waals surface area contributed by atoms with E-state index in [0.29, 0.717) is 11.6 Å². The van der Waals surface area contributed by atoms with E-state index in [-0.39, 0.29) is 17.0 Å². The number of rotatable bonds is 2. The standard InChI is InChI=1S/C10H13N3O3S/c1-6(14)13-5-3-2-4-7(13)8-11-12-9(17-8)10(15)16/h7H,2-5H2,1H3,(H,15,16). The van der Waals surface area contributed by atoms with Crippen LogP contribution in [-0.4, -0.2) is 38.6 Å². The number of carbonyl (C=O) groups is 2. The molecule has 1 N–H and O–H groups in total. The molecule has 92 valence electrons. The zero-order valence-corrected chi connectivity index (χ0v) is 10.2. The molecule has 1 aromatic rings. The molecule has 2 rings (SSSR count). The smallest absolute Gasteiger partial charge is 0.367 e. The molecule has 1 saturated heterocycles. The molecule has 1 atom stereocenters. The lowest BCUT2D eigenvalue weighted by Gasteiger charge is -2.33. The summed E-state index contributed by atoms with van der Waals surface area (Å²) in [6.07, 6.45) is 2.84. The van der Waals surface area contributed by atoms with Crippen molar-refractivity contribution in [1.29, 1.82) is 0 Å². The topological polar surface area (TPSA) is 83.4 Å². The maximum absolute atomic E-state index is 11.5. The van der Waals surface area contributed by atoms with Crippen molar-refractivity contribution < 1.29 is 14.7 Å². The van der Waals surface area contributed by atoms with E-state index in [2.05, 4.69) is 10.2 Å². The van der Waals surface area contributed by atoms with E-state index in [0.717, 1.165) is 30.6 Å². The third kappa shape index (κ3) is 2.44. The van der Waals surface area contributed by atoms with Crippen molar-refractivity contribution in [3.05, 3.63) is 10.0 Å². The highest BCUT2D eigenvalue weighted by Crippen LogP contribution is 2.32. The van der Waals surface area contributed by atoms with Gasteiger partial charge in [0.1, 0.15) is 5.01 Å². The Kier molecular flexibility index (Phi) is 3.37. The maximum atomic E-state index is 11.5. The van der Waals surface area contributed by atoms with E-state index in [9.17, 15) is 9.59 Å². The van der Waals surface area contributed by atoms with E-state index in [1.807, 2.05) is 0 Å². The summed E-state index contributed by atoms with van der Waals surface area (Å²) in [4.78, 5) is 24.0. The van der Waals surface area contributed by atoms with Crippen LogP contribution in [0.1, 0.15) is 47.0 Å². The average molecular weight is 255 g/mol. The number of nitrogens with zero attached hydrogens (tertiary/aromatic N) is 3. The summed E-state index contributed by atoms with van der Waals surface area (Å²) in [5, 5.41) is 16.9. The highest BCUT2D eigenvalue weighted by atomic mass is 32.1. The fourth-order valence-electron chi connectivity index (χ4n) is 2.02. The Balaban J connectivity index is 2.23. The van der Waals surface area contributed by atoms with Crippen LogP contribution in [0.4, 0.5) is 0 Å². The number of piperidine rings is 1. The van der Waals surface area contributed by atoms with E-state index in [1.165, 1.54) is 6.92 Å². The molecule has 6 nitrogen and oxygen atoms in total. The summed E-state index contributed by atoms with van der Waals surface area (Å²) in [6, 6.07) is -0.105. The van der Waals surface area contributed by atoms with Crippen LogP contribution in [0.5, 0.6) is 0 Å². The fraction of sp³-hybridized carbons (Fsp3) is 0.600. The Morgan fingerprint density at radius 3 is 2.76 bits per heavy atom. The van der Waals surface area contributed by atoms with Crippen molar-refractivity contribution >= 4 is 23.2 Å². The number of carbonyl (C=O) groups excluding carboxylic acids is 1. The van der Waals surface area contributed by atoms with Crippen LogP contribution in [0, 0.1) is 0 Å². The Hall–Kier alpha value is -1.50. The number of hydrogen-bond donors (Lipinski definition) is 1. The van der Waals surface area contributed by atoms with Gasteiger partial charge in [-0.25, -0.2) is 4.79 Å². The predicted octanol–water partition coefficient (Wildman–Crippen LogP) is 1.31. The van der Waals surface area contributed by atoms with E-state index in [1.54, 1.807) is 4.90 Å². The molecule has 0 radical (unpaired) electrons. The first-order chi connectivity index (χ1) is 8.09. The number of aromatic nitrogens is 2. The number of hydrogen-bond acceptors (Lipinski definition) is 5. The highest BCUT2D eigenvalue weighted by Gasteiger charge is 2.29. The molecular weight excluding hydrogens is 242 g/mol. The molecule has 17 heavy (non-hydrogen) atoms. The zero-order chi connectivity index (χ0) is 12.4. The third-order valence-corrected chi connectivity index (χ3v) is 3.83. The van der Waals surface area contributed by atoms with Gasteiger partial charge in [-0.05, 0) is 19.3 Å². The number of aromatic carboxylic acids is 1. The monoisotopic (exact) mass is 255 g/mol. The summed E-state index contributed by atoms with van der Waals surface area (Å²) in [6.45, 7) is 2.24. The highest BCUT2D eigenvalue weighted by molar-refractivity contribution is 7.13. The van der Waals surface area contributed by atoms with Gasteiger partial charge in [-0.2, -0.15) is 0 Å². The summed E-state index contributed by atoms with van der Waals surface area (Å²) < 4.78 is 0. The molecule has 0 aliphatic carbocycles. The lowest BCUT2D eigenvalue weighted by atomic mass is 10.0. The quantitative estimate of drug-likeness (QED) is 0.861. The van der Waals surface area contributed by atoms with Gasteiger partial charge in [-0.1, -0.05) is 11.3 Å². The van der Waals surface area contributed by atoms with Crippen LogP contribution in [0.15, 0.2) is 0 Å². The van der Waals surface area contributed by atoms with Crippen LogP contribution in [-0.2, 0) is 4.79 Å². The maximum Gasteiger partial charge on any atom is 0.367 e. The van der Waals surface area contributed by atoms with Crippen LogP contribution in [0.25, 0.3) is 0 Å². The molecular formula is C10H13N3O3S. The first-order valence-electron chi connectivity index (χ1n) is 5.43. The number of likely N-dealkylation sites (tertiary alicyclic amines) is 1. The second-order valence-corrected chi connectivity index (χ2v) is 4.98. The Bertz CT molecular complexity index is 446. The van der Waals surface area contributed by atoms with Gasteiger partial charge in [-0.15, -0.1) is 10.2 Å². The predicted molar refractivity (Wildman–Crippen MR) is 60.8 cm³/mol. The molecule has 1 aromatic heterocycles. The van der Waals surface area contributed by atoms with Crippen LogP contribution in [0.3, 0.4) is 0 Å². The summed E-state index contributed by atoms with van der Waals surface area (Å²) in [5.41, 5.74) is 0. The normalized spacial score (nSPS) is 20.3. The Morgan fingerprint density at radius 2 is 2.18 bits per heavy atom. The van der Waals surface area contributed by atoms with Gasteiger partial charge in [0.15, 0.2) is 0 Å². The molecule has 2 heterocycles. The summed E-state index contributed by atoms with van der Waals surface area (Å²) in [5.74, 6) is -1.07. The molecule has 7 heteroatoms. The molecule has 1 aliphatic rings. The minimum Gasteiger partial charge on any atom is -0.476 e. The third-order valence-electron chi connectivity index (χ3n) is 2.82. The molecule has 1 unspecified atom stereocenters. The summed E-state index contributed by atoms with van der Waals surface area (Å²) in [7, 11) is 0. The first kappa shape index (κ1) is 12.0. The molecule has 0 bridgehead atoms.